The predicted octanol–water partition coefficient (Wildman–Crippen LogP) is 1.05. The van der Waals surface area contributed by atoms with E-state index in [1.807, 2.05) is 6.07 Å². The Kier molecular flexibility index (Phi) is 8.12. The van der Waals surface area contributed by atoms with Crippen LogP contribution in [0, 0.1) is 5.21 Å². The zero-order chi connectivity index (χ0) is 20.1. The Balaban J connectivity index is 0.00000300. The van der Waals surface area contributed by atoms with E-state index in [2.05, 4.69) is 10.6 Å². The smallest absolute Gasteiger partial charge is 0.347 e. The summed E-state index contributed by atoms with van der Waals surface area (Å²) in [5, 5.41) is 18.8. The number of hydrogen-bond acceptors (Lipinski definition) is 7. The number of fused-ring (bicyclic) bond motifs is 1. The number of nitrogens with zero attached hydrogens (tertiary/aromatic N) is 1. The number of nitrogens with one attached hydrogen (secondary N) is 2. The molecule has 1 aromatic carbocycles. The molecule has 2 heterocycles. The first kappa shape index (κ1) is 23.2. The van der Waals surface area contributed by atoms with Gasteiger partial charge in [-0.15, -0.1) is 12.4 Å². The normalized spacial score (nSPS) is 23.4. The topological polar surface area (TPSA) is 134 Å². The van der Waals surface area contributed by atoms with Crippen LogP contribution in [0.15, 0.2) is 18.2 Å². The molecule has 2 aliphatic rings. The summed E-state index contributed by atoms with van der Waals surface area (Å²) in [6.07, 6.45) is 1.74. The number of amides is 3. The van der Waals surface area contributed by atoms with Crippen LogP contribution in [0.5, 0.6) is 0 Å². The molecule has 2 aliphatic heterocycles. The number of ether oxygens (including phenoxy) is 1. The molecule has 0 radical (unpaired) electrons. The maximum absolute atomic E-state index is 13.3. The number of hydrogen-bond donors (Lipinski definition) is 3. The van der Waals surface area contributed by atoms with E-state index in [9.17, 15) is 19.6 Å². The molecule has 160 valence electrons. The van der Waals surface area contributed by atoms with Crippen LogP contribution in [0.3, 0.4) is 0 Å². The standard InChI is InChI=1S/C19H26N4O5.ClH/c20-8-2-10-28-11-3-9-21-15-5-1-4-13-14(15)12-23(27,19(13)26)16-6-7-17(24)22-18(16)25;/h1,4-5,16,21H,2-3,6-12,20H2,(H,22,24,25);1H. The highest BCUT2D eigenvalue weighted by Crippen LogP contribution is 2.37. The largest absolute Gasteiger partial charge is 0.624 e. The van der Waals surface area contributed by atoms with Crippen molar-refractivity contribution in [3.8, 4) is 0 Å². The molecule has 0 spiro atoms. The molecule has 10 heteroatoms. The fraction of sp³-hybridized carbons (Fsp3) is 0.526. The lowest BCUT2D eigenvalue weighted by Gasteiger charge is -2.42. The molecule has 0 saturated carbocycles. The number of rotatable bonds is 9. The van der Waals surface area contributed by atoms with Crippen molar-refractivity contribution in [3.63, 3.8) is 0 Å². The van der Waals surface area contributed by atoms with E-state index in [0.29, 0.717) is 37.4 Å². The molecule has 1 fully saturated rings. The van der Waals surface area contributed by atoms with E-state index in [4.69, 9.17) is 10.5 Å². The highest BCUT2D eigenvalue weighted by molar-refractivity contribution is 6.02. The average molecular weight is 427 g/mol. The molecule has 2 unspecified atom stereocenters. The highest BCUT2D eigenvalue weighted by atomic mass is 35.5. The van der Waals surface area contributed by atoms with E-state index in [1.165, 1.54) is 0 Å². The van der Waals surface area contributed by atoms with Crippen LogP contribution < -0.4 is 16.4 Å². The lowest BCUT2D eigenvalue weighted by Crippen LogP contribution is -2.60. The first-order chi connectivity index (χ1) is 13.5. The Bertz CT molecular complexity index is 775. The van der Waals surface area contributed by atoms with Gasteiger partial charge >= 0.3 is 5.91 Å². The molecular weight excluding hydrogens is 400 g/mol. The van der Waals surface area contributed by atoms with Crippen molar-refractivity contribution in [1.29, 1.82) is 0 Å². The summed E-state index contributed by atoms with van der Waals surface area (Å²) < 4.78 is 4.19. The summed E-state index contributed by atoms with van der Waals surface area (Å²) in [5.74, 6) is -1.71. The first-order valence-electron chi connectivity index (χ1n) is 9.58. The molecule has 1 saturated heterocycles. The number of halogens is 1. The second kappa shape index (κ2) is 10.1. The maximum atomic E-state index is 13.3. The van der Waals surface area contributed by atoms with E-state index < -0.39 is 28.4 Å². The molecular formula is C19H27ClN4O5. The Labute approximate surface area is 175 Å². The molecule has 9 nitrogen and oxygen atoms in total. The quantitative estimate of drug-likeness (QED) is 0.232. The van der Waals surface area contributed by atoms with Gasteiger partial charge in [-0.05, 0) is 31.5 Å². The van der Waals surface area contributed by atoms with Crippen LogP contribution in [0.4, 0.5) is 5.69 Å². The van der Waals surface area contributed by atoms with Crippen LogP contribution in [0.1, 0.15) is 41.6 Å². The molecule has 0 aromatic heterocycles. The molecule has 1 aromatic rings. The molecule has 0 bridgehead atoms. The van der Waals surface area contributed by atoms with Gasteiger partial charge in [-0.1, -0.05) is 6.07 Å². The van der Waals surface area contributed by atoms with Crippen molar-refractivity contribution in [2.45, 2.75) is 38.3 Å². The fourth-order valence-electron chi connectivity index (χ4n) is 3.65. The van der Waals surface area contributed by atoms with Gasteiger partial charge in [0.2, 0.25) is 5.91 Å². The summed E-state index contributed by atoms with van der Waals surface area (Å²) in [6, 6.07) is 4.06. The number of carbonyl (C=O) groups excluding carboxylic acids is 3. The first-order valence-corrected chi connectivity index (χ1v) is 9.58. The monoisotopic (exact) mass is 426 g/mol. The summed E-state index contributed by atoms with van der Waals surface area (Å²) in [6.45, 7) is 2.35. The van der Waals surface area contributed by atoms with E-state index in [1.54, 1.807) is 12.1 Å². The second-order valence-corrected chi connectivity index (χ2v) is 7.09. The molecule has 0 aliphatic carbocycles. The van der Waals surface area contributed by atoms with Crippen molar-refractivity contribution >= 4 is 35.8 Å². The van der Waals surface area contributed by atoms with Crippen LogP contribution in [0.25, 0.3) is 0 Å². The summed E-state index contributed by atoms with van der Waals surface area (Å²) >= 11 is 0. The third kappa shape index (κ3) is 4.93. The zero-order valence-corrected chi connectivity index (χ0v) is 17.0. The third-order valence-corrected chi connectivity index (χ3v) is 5.13. The van der Waals surface area contributed by atoms with Gasteiger partial charge in [0, 0.05) is 43.9 Å². The van der Waals surface area contributed by atoms with Gasteiger partial charge in [0.1, 0.15) is 6.54 Å². The minimum Gasteiger partial charge on any atom is -0.624 e. The summed E-state index contributed by atoms with van der Waals surface area (Å²) in [4.78, 5) is 36.3. The average Bonchev–Trinajstić information content (AvgIpc) is 2.93. The van der Waals surface area contributed by atoms with Gasteiger partial charge in [0.25, 0.3) is 5.91 Å². The molecule has 4 N–H and O–H groups in total. The number of nitrogens with two attached hydrogens (primary N) is 1. The molecule has 29 heavy (non-hydrogen) atoms. The van der Waals surface area contributed by atoms with Crippen molar-refractivity contribution in [2.24, 2.45) is 5.73 Å². The molecule has 2 atom stereocenters. The maximum Gasteiger partial charge on any atom is 0.347 e. The van der Waals surface area contributed by atoms with Gasteiger partial charge in [-0.2, -0.15) is 0 Å². The van der Waals surface area contributed by atoms with Crippen molar-refractivity contribution < 1.29 is 23.8 Å². The minimum atomic E-state index is -1.27. The van der Waals surface area contributed by atoms with Gasteiger partial charge in [0.15, 0.2) is 6.04 Å². The summed E-state index contributed by atoms with van der Waals surface area (Å²) in [7, 11) is 0. The zero-order valence-electron chi connectivity index (χ0n) is 16.1. The van der Waals surface area contributed by atoms with Gasteiger partial charge in [-0.25, -0.2) is 4.79 Å². The Hall–Kier alpha value is -2.04. The predicted molar refractivity (Wildman–Crippen MR) is 109 cm³/mol. The lowest BCUT2D eigenvalue weighted by atomic mass is 10.0. The number of quaternary nitrogens is 1. The van der Waals surface area contributed by atoms with Crippen molar-refractivity contribution in [2.75, 3.05) is 31.6 Å². The lowest BCUT2D eigenvalue weighted by molar-refractivity contribution is -0.825. The van der Waals surface area contributed by atoms with Crippen LogP contribution >= 0.6 is 12.4 Å². The number of carbonyl (C=O) groups is 3. The Morgan fingerprint density at radius 1 is 1.24 bits per heavy atom. The summed E-state index contributed by atoms with van der Waals surface area (Å²) in [5.41, 5.74) is 7.09. The third-order valence-electron chi connectivity index (χ3n) is 5.13. The van der Waals surface area contributed by atoms with E-state index in [-0.39, 0.29) is 31.8 Å². The highest BCUT2D eigenvalue weighted by Gasteiger charge is 2.49. The van der Waals surface area contributed by atoms with Crippen molar-refractivity contribution in [1.82, 2.24) is 5.32 Å². The number of imide groups is 1. The SMILES string of the molecule is Cl.NCCCOCCCNc1cccc2c1C[N+]([O-])(C1CCC(=O)NC1=O)C2=O. The van der Waals surface area contributed by atoms with Crippen LogP contribution in [-0.2, 0) is 20.9 Å². The number of anilines is 1. The Morgan fingerprint density at radius 3 is 2.72 bits per heavy atom. The minimum absolute atomic E-state index is 0. The number of hydroxylamine groups is 3. The van der Waals surface area contributed by atoms with E-state index in [0.717, 1.165) is 18.5 Å². The Morgan fingerprint density at radius 2 is 2.00 bits per heavy atom. The number of piperidine rings is 1. The molecule has 3 rings (SSSR count). The van der Waals surface area contributed by atoms with Crippen molar-refractivity contribution in [3.05, 3.63) is 34.5 Å². The number of benzene rings is 1. The van der Waals surface area contributed by atoms with Gasteiger partial charge in [-0.3, -0.25) is 19.6 Å². The molecule has 3 amide bonds. The van der Waals surface area contributed by atoms with E-state index >= 15 is 0 Å². The fourth-order valence-corrected chi connectivity index (χ4v) is 3.65. The van der Waals surface area contributed by atoms with Crippen LogP contribution in [0.2, 0.25) is 0 Å². The van der Waals surface area contributed by atoms with Crippen LogP contribution in [-0.4, -0.2) is 54.7 Å². The second-order valence-electron chi connectivity index (χ2n) is 7.09. The van der Waals surface area contributed by atoms with Gasteiger partial charge < -0.3 is 21.0 Å². The van der Waals surface area contributed by atoms with Gasteiger partial charge in [0.05, 0.1) is 5.56 Å².